The van der Waals surface area contributed by atoms with Gasteiger partial charge in [0.15, 0.2) is 11.5 Å². The lowest BCUT2D eigenvalue weighted by molar-refractivity contribution is 0.0918. The van der Waals surface area contributed by atoms with Crippen LogP contribution in [0.3, 0.4) is 0 Å². The number of nitrogens with zero attached hydrogens (tertiary/aromatic N) is 3. The smallest absolute Gasteiger partial charge is 0.273 e. The Kier molecular flexibility index (Phi) is 3.65. The molecule has 0 unspecified atom stereocenters. The summed E-state index contributed by atoms with van der Waals surface area (Å²) < 4.78 is 7.41. The Balaban J connectivity index is 1.45. The van der Waals surface area contributed by atoms with E-state index in [4.69, 9.17) is 4.52 Å². The van der Waals surface area contributed by atoms with Crippen LogP contribution in [0.5, 0.6) is 0 Å². The van der Waals surface area contributed by atoms with Gasteiger partial charge >= 0.3 is 0 Å². The average Bonchev–Trinajstić information content (AvgIpc) is 3.21. The molecule has 0 saturated carbocycles. The van der Waals surface area contributed by atoms with Gasteiger partial charge in [-0.3, -0.25) is 4.79 Å². The van der Waals surface area contributed by atoms with Crippen LogP contribution in [-0.4, -0.2) is 26.7 Å². The van der Waals surface area contributed by atoms with E-state index in [1.165, 1.54) is 0 Å². The van der Waals surface area contributed by atoms with Crippen molar-refractivity contribution in [1.29, 1.82) is 0 Å². The lowest BCUT2D eigenvalue weighted by atomic mass is 10.1. The number of nitrogens with one attached hydrogen (secondary N) is 1. The van der Waals surface area contributed by atoms with Gasteiger partial charge in [-0.25, -0.2) is 4.98 Å². The van der Waals surface area contributed by atoms with Crippen molar-refractivity contribution in [3.8, 4) is 11.3 Å². The molecule has 1 atom stereocenters. The quantitative estimate of drug-likeness (QED) is 0.804. The minimum absolute atomic E-state index is 0.0791. The van der Waals surface area contributed by atoms with E-state index in [0.717, 1.165) is 36.5 Å². The first-order valence-electron chi connectivity index (χ1n) is 8.05. The summed E-state index contributed by atoms with van der Waals surface area (Å²) in [6.45, 7) is 2.73. The topological polar surface area (TPSA) is 73.0 Å². The molecule has 122 valence electrons. The number of hydrogen-bond acceptors (Lipinski definition) is 4. The minimum atomic E-state index is -0.203. The Morgan fingerprint density at radius 3 is 3.00 bits per heavy atom. The lowest BCUT2D eigenvalue weighted by Crippen LogP contribution is -2.41. The SMILES string of the molecule is Cc1cn2c(n1)CC[C@@H](NC(=O)c1cc(-c3ccccc3)on1)C2. The second-order valence-electron chi connectivity index (χ2n) is 6.10. The predicted molar refractivity (Wildman–Crippen MR) is 88.5 cm³/mol. The molecule has 1 aliphatic heterocycles. The number of aryl methyl sites for hydroxylation is 2. The summed E-state index contributed by atoms with van der Waals surface area (Å²) in [6, 6.07) is 11.4. The Morgan fingerprint density at radius 1 is 1.33 bits per heavy atom. The number of imidazole rings is 1. The van der Waals surface area contributed by atoms with Gasteiger partial charge in [-0.05, 0) is 13.3 Å². The van der Waals surface area contributed by atoms with Gasteiger partial charge in [0, 0.05) is 36.8 Å². The zero-order chi connectivity index (χ0) is 16.5. The fourth-order valence-corrected chi connectivity index (χ4v) is 3.08. The summed E-state index contributed by atoms with van der Waals surface area (Å²) in [4.78, 5) is 16.9. The standard InChI is InChI=1S/C18H18N4O2/c1-12-10-22-11-14(7-8-17(22)19-12)20-18(23)15-9-16(24-21-15)13-5-3-2-4-6-13/h2-6,9-10,14H,7-8,11H2,1H3,(H,20,23)/t14-/m1/s1. The molecule has 0 fully saturated rings. The van der Waals surface area contributed by atoms with Crippen molar-refractivity contribution in [2.75, 3.05) is 0 Å². The van der Waals surface area contributed by atoms with Gasteiger partial charge in [0.2, 0.25) is 0 Å². The van der Waals surface area contributed by atoms with Gasteiger partial charge in [0.25, 0.3) is 5.91 Å². The number of aromatic nitrogens is 3. The number of rotatable bonds is 3. The summed E-state index contributed by atoms with van der Waals surface area (Å²) in [5, 5.41) is 6.94. The van der Waals surface area contributed by atoms with Crippen molar-refractivity contribution in [1.82, 2.24) is 20.0 Å². The van der Waals surface area contributed by atoms with Crippen LogP contribution in [0.2, 0.25) is 0 Å². The highest BCUT2D eigenvalue weighted by molar-refractivity contribution is 5.93. The van der Waals surface area contributed by atoms with Crippen LogP contribution in [-0.2, 0) is 13.0 Å². The summed E-state index contributed by atoms with van der Waals surface area (Å²) in [5.74, 6) is 1.48. The Hall–Kier alpha value is -2.89. The molecule has 1 aromatic carbocycles. The van der Waals surface area contributed by atoms with Crippen molar-refractivity contribution in [3.63, 3.8) is 0 Å². The molecule has 0 saturated heterocycles. The van der Waals surface area contributed by atoms with Crippen LogP contribution in [0.1, 0.15) is 28.4 Å². The van der Waals surface area contributed by atoms with E-state index < -0.39 is 0 Å². The first-order chi connectivity index (χ1) is 11.7. The third-order valence-electron chi connectivity index (χ3n) is 4.25. The molecule has 0 bridgehead atoms. The van der Waals surface area contributed by atoms with Crippen molar-refractivity contribution in [2.45, 2.75) is 32.4 Å². The van der Waals surface area contributed by atoms with Crippen molar-refractivity contribution in [3.05, 3.63) is 59.8 Å². The first kappa shape index (κ1) is 14.7. The summed E-state index contributed by atoms with van der Waals surface area (Å²) in [5.41, 5.74) is 2.22. The molecule has 24 heavy (non-hydrogen) atoms. The predicted octanol–water partition coefficient (Wildman–Crippen LogP) is 2.59. The van der Waals surface area contributed by atoms with Gasteiger partial charge in [0.05, 0.1) is 5.69 Å². The molecule has 1 aliphatic rings. The Bertz CT molecular complexity index is 866. The summed E-state index contributed by atoms with van der Waals surface area (Å²) >= 11 is 0. The van der Waals surface area contributed by atoms with E-state index in [-0.39, 0.29) is 11.9 Å². The fourth-order valence-electron chi connectivity index (χ4n) is 3.08. The van der Waals surface area contributed by atoms with Crippen molar-refractivity contribution < 1.29 is 9.32 Å². The highest BCUT2D eigenvalue weighted by Crippen LogP contribution is 2.20. The molecule has 4 rings (SSSR count). The van der Waals surface area contributed by atoms with Crippen LogP contribution in [0.15, 0.2) is 47.1 Å². The monoisotopic (exact) mass is 322 g/mol. The first-order valence-corrected chi connectivity index (χ1v) is 8.05. The van der Waals surface area contributed by atoms with E-state index in [2.05, 4.69) is 20.0 Å². The zero-order valence-electron chi connectivity index (χ0n) is 13.4. The van der Waals surface area contributed by atoms with Crippen LogP contribution < -0.4 is 5.32 Å². The van der Waals surface area contributed by atoms with Crippen LogP contribution in [0.4, 0.5) is 0 Å². The Labute approximate surface area is 139 Å². The molecule has 3 heterocycles. The number of carbonyl (C=O) groups is 1. The minimum Gasteiger partial charge on any atom is -0.355 e. The zero-order valence-corrected chi connectivity index (χ0v) is 13.4. The maximum Gasteiger partial charge on any atom is 0.273 e. The molecule has 6 heteroatoms. The van der Waals surface area contributed by atoms with Crippen LogP contribution in [0, 0.1) is 6.92 Å². The number of hydrogen-bond donors (Lipinski definition) is 1. The molecule has 6 nitrogen and oxygen atoms in total. The van der Waals surface area contributed by atoms with Gasteiger partial charge in [-0.1, -0.05) is 35.5 Å². The van der Waals surface area contributed by atoms with Gasteiger partial charge < -0.3 is 14.4 Å². The maximum atomic E-state index is 12.4. The van der Waals surface area contributed by atoms with Crippen molar-refractivity contribution >= 4 is 5.91 Å². The highest BCUT2D eigenvalue weighted by atomic mass is 16.5. The van der Waals surface area contributed by atoms with E-state index in [1.54, 1.807) is 6.07 Å². The van der Waals surface area contributed by atoms with Crippen molar-refractivity contribution in [2.24, 2.45) is 0 Å². The maximum absolute atomic E-state index is 12.4. The average molecular weight is 322 g/mol. The fraction of sp³-hybridized carbons (Fsp3) is 0.278. The lowest BCUT2D eigenvalue weighted by Gasteiger charge is -2.24. The number of fused-ring (bicyclic) bond motifs is 1. The third kappa shape index (κ3) is 2.82. The van der Waals surface area contributed by atoms with E-state index in [0.29, 0.717) is 11.5 Å². The highest BCUT2D eigenvalue weighted by Gasteiger charge is 2.23. The number of benzene rings is 1. The van der Waals surface area contributed by atoms with E-state index >= 15 is 0 Å². The normalized spacial score (nSPS) is 16.6. The van der Waals surface area contributed by atoms with Crippen LogP contribution in [0.25, 0.3) is 11.3 Å². The number of amides is 1. The van der Waals surface area contributed by atoms with E-state index in [1.807, 2.05) is 43.5 Å². The largest absolute Gasteiger partial charge is 0.355 e. The number of carbonyl (C=O) groups excluding carboxylic acids is 1. The molecular weight excluding hydrogens is 304 g/mol. The summed E-state index contributed by atoms with van der Waals surface area (Å²) in [6.07, 6.45) is 3.77. The van der Waals surface area contributed by atoms with Gasteiger partial charge in [0.1, 0.15) is 5.82 Å². The second-order valence-corrected chi connectivity index (χ2v) is 6.10. The molecule has 0 aliphatic carbocycles. The molecule has 0 spiro atoms. The molecule has 0 radical (unpaired) electrons. The molecule has 1 N–H and O–H groups in total. The molecule has 2 aromatic heterocycles. The summed E-state index contributed by atoms with van der Waals surface area (Å²) in [7, 11) is 0. The molecular formula is C18H18N4O2. The van der Waals surface area contributed by atoms with E-state index in [9.17, 15) is 4.79 Å². The second kappa shape index (κ2) is 5.96. The van der Waals surface area contributed by atoms with Gasteiger partial charge in [-0.15, -0.1) is 0 Å². The molecule has 3 aromatic rings. The third-order valence-corrected chi connectivity index (χ3v) is 4.25. The Morgan fingerprint density at radius 2 is 2.17 bits per heavy atom. The van der Waals surface area contributed by atoms with Crippen LogP contribution >= 0.6 is 0 Å². The van der Waals surface area contributed by atoms with Gasteiger partial charge in [-0.2, -0.15) is 0 Å². The molecule has 1 amide bonds.